The fraction of sp³-hybridized carbons (Fsp3) is 0.855. The first kappa shape index (κ1) is 77.0. The Morgan fingerprint density at radius 2 is 0.772 bits per heavy atom. The molecule has 0 heterocycles. The van der Waals surface area contributed by atoms with Crippen LogP contribution in [0.2, 0.25) is 0 Å². The lowest BCUT2D eigenvalue weighted by atomic mass is 10.0. The number of rotatable bonds is 62. The number of amides is 1. The molecule has 3 atom stereocenters. The number of hydrogen-bond donors (Lipinski definition) is 1. The summed E-state index contributed by atoms with van der Waals surface area (Å²) < 4.78 is 30.4. The van der Waals surface area contributed by atoms with Crippen LogP contribution in [0.5, 0.6) is 0 Å². The number of unbranched alkanes of at least 4 members (excludes halogenated alkanes) is 40. The van der Waals surface area contributed by atoms with Crippen LogP contribution in [-0.2, 0) is 27.9 Å². The number of nitrogens with one attached hydrogen (secondary N) is 1. The highest BCUT2D eigenvalue weighted by Crippen LogP contribution is 2.38. The van der Waals surface area contributed by atoms with Gasteiger partial charge in [-0.3, -0.25) is 14.2 Å². The Bertz CT molecular complexity index is 1490. The summed E-state index contributed by atoms with van der Waals surface area (Å²) in [4.78, 5) is 40.1. The number of quaternary nitrogens is 1. The van der Waals surface area contributed by atoms with Gasteiger partial charge in [0.05, 0.1) is 33.8 Å². The van der Waals surface area contributed by atoms with Crippen molar-refractivity contribution < 1.29 is 37.3 Å². The van der Waals surface area contributed by atoms with Crippen molar-refractivity contribution in [3.05, 3.63) is 48.6 Å². The number of likely N-dealkylation sites (N-methyl/N-ethyl adjacent to an activating group) is 1. The molecule has 3 unspecified atom stereocenters. The van der Waals surface area contributed by atoms with Crippen molar-refractivity contribution in [1.29, 1.82) is 0 Å². The summed E-state index contributed by atoms with van der Waals surface area (Å²) >= 11 is 0. The standard InChI is InChI=1S/C69H131N2O7P/c1-7-10-13-16-19-22-25-28-30-32-34-35-37-39-41-44-47-50-53-56-59-62-69(73)78-67(60-57-54-51-48-45-42-27-24-21-18-15-12-9-3)66(65-77-79(74,75)76-64-63-71(4,5)6)70-68(72)61-58-55-52-49-46-43-40-38-36-33-31-29-26-23-20-17-14-11-8-2/h19,22,28,30,34-35,57,60,66-67H,7-18,20-21,23-27,29,31-33,36-56,58-59,61-65H2,1-6H3,(H-,70,72,74,75)/b22-19-,30-28-,35-34-,60-57+. The molecule has 1 amide bonds. The molecule has 1 N–H and O–H groups in total. The second kappa shape index (κ2) is 59.1. The van der Waals surface area contributed by atoms with E-state index in [9.17, 15) is 19.0 Å². The first-order valence-corrected chi connectivity index (χ1v) is 35.4. The zero-order chi connectivity index (χ0) is 57.9. The molecular formula is C69H131N2O7P. The van der Waals surface area contributed by atoms with E-state index < -0.39 is 20.0 Å². The van der Waals surface area contributed by atoms with Gasteiger partial charge in [-0.15, -0.1) is 0 Å². The fourth-order valence-electron chi connectivity index (χ4n) is 10.0. The van der Waals surface area contributed by atoms with E-state index in [2.05, 4.69) is 62.5 Å². The van der Waals surface area contributed by atoms with E-state index in [1.807, 2.05) is 33.3 Å². The number of carbonyl (C=O) groups excluding carboxylic acids is 2. The normalized spacial score (nSPS) is 13.9. The zero-order valence-electron chi connectivity index (χ0n) is 53.1. The van der Waals surface area contributed by atoms with Crippen molar-refractivity contribution >= 4 is 19.7 Å². The molecule has 0 aromatic heterocycles. The van der Waals surface area contributed by atoms with Gasteiger partial charge < -0.3 is 28.5 Å². The average molecular weight is 1130 g/mol. The number of hydrogen-bond acceptors (Lipinski definition) is 7. The van der Waals surface area contributed by atoms with E-state index >= 15 is 0 Å². The SMILES string of the molecule is CCCCC/C=C\C/C=C\C/C=C\CCCCCCCCCCC(=O)OC(/C=C/CCCCCCCCCCCCC)C(COP(=O)([O-])OCC[N+](C)(C)C)NC(=O)CCCCCCCCCCCCCCCCCCCCC. The van der Waals surface area contributed by atoms with Crippen LogP contribution in [-0.4, -0.2) is 69.4 Å². The van der Waals surface area contributed by atoms with Gasteiger partial charge in [-0.05, 0) is 70.3 Å². The maximum atomic E-state index is 13.6. The largest absolute Gasteiger partial charge is 0.756 e. The molecule has 79 heavy (non-hydrogen) atoms. The molecule has 0 rings (SSSR count). The van der Waals surface area contributed by atoms with Gasteiger partial charge in [0.15, 0.2) is 0 Å². The lowest BCUT2D eigenvalue weighted by Crippen LogP contribution is -2.47. The number of ether oxygens (including phenoxy) is 1. The predicted octanol–water partition coefficient (Wildman–Crippen LogP) is 20.6. The molecule has 0 radical (unpaired) electrons. The summed E-state index contributed by atoms with van der Waals surface area (Å²) in [5.74, 6) is -0.534. The Balaban J connectivity index is 5.18. The summed E-state index contributed by atoms with van der Waals surface area (Å²) in [6, 6.07) is -0.890. The molecule has 0 saturated heterocycles. The minimum absolute atomic E-state index is 0.0220. The minimum atomic E-state index is -4.70. The fourth-order valence-corrected chi connectivity index (χ4v) is 10.7. The highest BCUT2D eigenvalue weighted by Gasteiger charge is 2.27. The Hall–Kier alpha value is -2.03. The highest BCUT2D eigenvalue weighted by atomic mass is 31.2. The molecular weight excluding hydrogens is 1000 g/mol. The van der Waals surface area contributed by atoms with Gasteiger partial charge in [-0.1, -0.05) is 294 Å². The molecule has 0 aliphatic heterocycles. The van der Waals surface area contributed by atoms with Gasteiger partial charge >= 0.3 is 5.97 Å². The molecule has 0 aliphatic rings. The van der Waals surface area contributed by atoms with Gasteiger partial charge in [0.1, 0.15) is 19.3 Å². The van der Waals surface area contributed by atoms with Crippen LogP contribution in [0.15, 0.2) is 48.6 Å². The van der Waals surface area contributed by atoms with Crippen molar-refractivity contribution in [1.82, 2.24) is 5.32 Å². The summed E-state index contributed by atoms with van der Waals surface area (Å²) in [5.41, 5.74) is 0. The number of phosphoric acid groups is 1. The van der Waals surface area contributed by atoms with Crippen molar-refractivity contribution in [2.75, 3.05) is 40.9 Å². The van der Waals surface area contributed by atoms with Crippen LogP contribution >= 0.6 is 7.82 Å². The molecule has 0 saturated carbocycles. The van der Waals surface area contributed by atoms with E-state index in [0.717, 1.165) is 83.5 Å². The molecule has 464 valence electrons. The second-order valence-electron chi connectivity index (χ2n) is 24.3. The molecule has 0 aromatic rings. The minimum Gasteiger partial charge on any atom is -0.756 e. The Labute approximate surface area is 490 Å². The van der Waals surface area contributed by atoms with Crippen molar-refractivity contribution in [3.8, 4) is 0 Å². The number of carbonyl (C=O) groups is 2. The number of nitrogens with zero attached hydrogens (tertiary/aromatic N) is 1. The Morgan fingerprint density at radius 1 is 0.443 bits per heavy atom. The van der Waals surface area contributed by atoms with Crippen LogP contribution < -0.4 is 10.2 Å². The number of esters is 1. The van der Waals surface area contributed by atoms with Crippen molar-refractivity contribution in [2.24, 2.45) is 0 Å². The zero-order valence-corrected chi connectivity index (χ0v) is 54.0. The van der Waals surface area contributed by atoms with Crippen LogP contribution in [0.4, 0.5) is 0 Å². The molecule has 0 fully saturated rings. The third-order valence-corrected chi connectivity index (χ3v) is 16.2. The molecule has 10 heteroatoms. The van der Waals surface area contributed by atoms with E-state index in [0.29, 0.717) is 17.4 Å². The van der Waals surface area contributed by atoms with Crippen molar-refractivity contribution in [2.45, 2.75) is 341 Å². The maximum Gasteiger partial charge on any atom is 0.306 e. The average Bonchev–Trinajstić information content (AvgIpc) is 3.41. The summed E-state index contributed by atoms with van der Waals surface area (Å²) in [6.07, 6.45) is 73.6. The molecule has 0 spiro atoms. The quantitative estimate of drug-likeness (QED) is 0.0212. The lowest BCUT2D eigenvalue weighted by molar-refractivity contribution is -0.870. The molecule has 9 nitrogen and oxygen atoms in total. The first-order chi connectivity index (χ1) is 38.4. The predicted molar refractivity (Wildman–Crippen MR) is 339 cm³/mol. The van der Waals surface area contributed by atoms with E-state index in [1.165, 1.54) is 212 Å². The lowest BCUT2D eigenvalue weighted by Gasteiger charge is -2.30. The van der Waals surface area contributed by atoms with E-state index in [4.69, 9.17) is 13.8 Å². The van der Waals surface area contributed by atoms with Gasteiger partial charge in [0.25, 0.3) is 7.82 Å². The Kier molecular flexibility index (Phi) is 57.6. The topological polar surface area (TPSA) is 114 Å². The Morgan fingerprint density at radius 3 is 1.18 bits per heavy atom. The van der Waals surface area contributed by atoms with Crippen LogP contribution in [0, 0.1) is 0 Å². The monoisotopic (exact) mass is 1130 g/mol. The third kappa shape index (κ3) is 60.4. The maximum absolute atomic E-state index is 13.6. The highest BCUT2D eigenvalue weighted by molar-refractivity contribution is 7.45. The van der Waals surface area contributed by atoms with Gasteiger partial charge in [-0.25, -0.2) is 0 Å². The van der Waals surface area contributed by atoms with Crippen LogP contribution in [0.3, 0.4) is 0 Å². The van der Waals surface area contributed by atoms with Crippen LogP contribution in [0.25, 0.3) is 0 Å². The summed E-state index contributed by atoms with van der Waals surface area (Å²) in [7, 11) is 1.19. The van der Waals surface area contributed by atoms with Crippen LogP contribution in [0.1, 0.15) is 329 Å². The van der Waals surface area contributed by atoms with E-state index in [-0.39, 0.29) is 31.5 Å². The first-order valence-electron chi connectivity index (χ1n) is 33.9. The smallest absolute Gasteiger partial charge is 0.306 e. The van der Waals surface area contributed by atoms with Gasteiger partial charge in [0, 0.05) is 12.8 Å². The summed E-state index contributed by atoms with van der Waals surface area (Å²) in [6.45, 7) is 6.86. The number of allylic oxidation sites excluding steroid dienone is 7. The van der Waals surface area contributed by atoms with Crippen molar-refractivity contribution in [3.63, 3.8) is 0 Å². The number of phosphoric ester groups is 1. The van der Waals surface area contributed by atoms with E-state index in [1.54, 1.807) is 0 Å². The summed E-state index contributed by atoms with van der Waals surface area (Å²) in [5, 5.41) is 3.04. The molecule has 0 bridgehead atoms. The third-order valence-electron chi connectivity index (χ3n) is 15.3. The second-order valence-corrected chi connectivity index (χ2v) is 25.7. The molecule has 0 aromatic carbocycles. The van der Waals surface area contributed by atoms with Gasteiger partial charge in [0.2, 0.25) is 5.91 Å². The molecule has 0 aliphatic carbocycles. The van der Waals surface area contributed by atoms with Gasteiger partial charge in [-0.2, -0.15) is 0 Å².